The SMILES string of the molecule is COc1ccc(OC)c(S(=O)(=O)N2CCCC2c2nc(C3CC3)no2)c1. The van der Waals surface area contributed by atoms with Crippen LogP contribution in [0.25, 0.3) is 0 Å². The number of hydrogen-bond donors (Lipinski definition) is 0. The Morgan fingerprint density at radius 2 is 2.00 bits per heavy atom. The van der Waals surface area contributed by atoms with Crippen LogP contribution in [-0.4, -0.2) is 43.6 Å². The lowest BCUT2D eigenvalue weighted by molar-refractivity contribution is 0.288. The normalized spacial score (nSPS) is 21.1. The van der Waals surface area contributed by atoms with Crippen LogP contribution in [0.2, 0.25) is 0 Å². The molecule has 1 atom stereocenters. The van der Waals surface area contributed by atoms with Gasteiger partial charge in [0.05, 0.1) is 14.2 Å². The van der Waals surface area contributed by atoms with Gasteiger partial charge in [-0.1, -0.05) is 5.16 Å². The van der Waals surface area contributed by atoms with Crippen LogP contribution in [0.5, 0.6) is 11.5 Å². The lowest BCUT2D eigenvalue weighted by Crippen LogP contribution is -2.31. The van der Waals surface area contributed by atoms with Crippen LogP contribution in [0, 0.1) is 0 Å². The Hall–Kier alpha value is -2.13. The van der Waals surface area contributed by atoms with Gasteiger partial charge in [-0.25, -0.2) is 8.42 Å². The van der Waals surface area contributed by atoms with Crippen molar-refractivity contribution in [1.82, 2.24) is 14.4 Å². The summed E-state index contributed by atoms with van der Waals surface area (Å²) in [6.07, 6.45) is 3.51. The molecule has 4 rings (SSSR count). The van der Waals surface area contributed by atoms with E-state index in [1.807, 2.05) is 0 Å². The van der Waals surface area contributed by atoms with Crippen molar-refractivity contribution in [3.05, 3.63) is 29.9 Å². The van der Waals surface area contributed by atoms with Crippen molar-refractivity contribution in [1.29, 1.82) is 0 Å². The molecule has 1 aromatic carbocycles. The van der Waals surface area contributed by atoms with Gasteiger partial charge in [-0.15, -0.1) is 0 Å². The second-order valence-electron chi connectivity index (χ2n) is 6.56. The van der Waals surface area contributed by atoms with E-state index < -0.39 is 16.1 Å². The van der Waals surface area contributed by atoms with Gasteiger partial charge < -0.3 is 14.0 Å². The van der Waals surface area contributed by atoms with E-state index in [9.17, 15) is 8.42 Å². The Bertz CT molecular complexity index is 907. The van der Waals surface area contributed by atoms with Crippen molar-refractivity contribution in [2.75, 3.05) is 20.8 Å². The van der Waals surface area contributed by atoms with E-state index >= 15 is 0 Å². The quantitative estimate of drug-likeness (QED) is 0.761. The largest absolute Gasteiger partial charge is 0.497 e. The molecule has 1 aliphatic heterocycles. The number of nitrogens with zero attached hydrogens (tertiary/aromatic N) is 3. The molecule has 8 nitrogen and oxygen atoms in total. The summed E-state index contributed by atoms with van der Waals surface area (Å²) in [5.41, 5.74) is 0. The third kappa shape index (κ3) is 2.95. The average Bonchev–Trinajstić information content (AvgIpc) is 3.18. The monoisotopic (exact) mass is 379 g/mol. The first-order valence-corrected chi connectivity index (χ1v) is 10.1. The Balaban J connectivity index is 1.70. The maximum atomic E-state index is 13.3. The summed E-state index contributed by atoms with van der Waals surface area (Å²) < 4.78 is 43.9. The van der Waals surface area contributed by atoms with E-state index in [0.717, 1.165) is 19.3 Å². The van der Waals surface area contributed by atoms with Crippen molar-refractivity contribution >= 4 is 10.0 Å². The highest BCUT2D eigenvalue weighted by atomic mass is 32.2. The molecule has 0 spiro atoms. The van der Waals surface area contributed by atoms with Crippen molar-refractivity contribution < 1.29 is 22.4 Å². The number of aromatic nitrogens is 2. The lowest BCUT2D eigenvalue weighted by Gasteiger charge is -2.22. The zero-order valence-electron chi connectivity index (χ0n) is 14.7. The fraction of sp³-hybridized carbons (Fsp3) is 0.529. The van der Waals surface area contributed by atoms with Gasteiger partial charge in [-0.3, -0.25) is 0 Å². The third-order valence-electron chi connectivity index (χ3n) is 4.85. The summed E-state index contributed by atoms with van der Waals surface area (Å²) in [4.78, 5) is 4.53. The summed E-state index contributed by atoms with van der Waals surface area (Å²) in [6.45, 7) is 0.397. The minimum absolute atomic E-state index is 0.0770. The zero-order chi connectivity index (χ0) is 18.3. The first kappa shape index (κ1) is 17.3. The molecule has 0 bridgehead atoms. The van der Waals surface area contributed by atoms with Gasteiger partial charge in [0.2, 0.25) is 15.9 Å². The van der Waals surface area contributed by atoms with Crippen molar-refractivity contribution in [3.63, 3.8) is 0 Å². The molecule has 2 fully saturated rings. The van der Waals surface area contributed by atoms with Crippen molar-refractivity contribution in [2.24, 2.45) is 0 Å². The Morgan fingerprint density at radius 3 is 2.69 bits per heavy atom. The molecule has 2 aliphatic rings. The molecule has 2 aromatic rings. The van der Waals surface area contributed by atoms with Crippen molar-refractivity contribution in [2.45, 2.75) is 42.5 Å². The van der Waals surface area contributed by atoms with Crippen LogP contribution in [-0.2, 0) is 10.0 Å². The van der Waals surface area contributed by atoms with Gasteiger partial charge >= 0.3 is 0 Å². The van der Waals surface area contributed by atoms with Gasteiger partial charge in [0.15, 0.2) is 5.82 Å². The predicted octanol–water partition coefficient (Wildman–Crippen LogP) is 2.49. The highest BCUT2D eigenvalue weighted by Gasteiger charge is 2.41. The molecule has 1 saturated heterocycles. The minimum Gasteiger partial charge on any atom is -0.497 e. The highest BCUT2D eigenvalue weighted by Crippen LogP contribution is 2.42. The van der Waals surface area contributed by atoms with Gasteiger partial charge in [-0.05, 0) is 37.8 Å². The summed E-state index contributed by atoms with van der Waals surface area (Å²) in [5.74, 6) is 2.14. The van der Waals surface area contributed by atoms with Crippen LogP contribution in [0.15, 0.2) is 27.6 Å². The molecule has 0 amide bonds. The molecule has 0 N–H and O–H groups in total. The molecular weight excluding hydrogens is 358 g/mol. The Morgan fingerprint density at radius 1 is 1.19 bits per heavy atom. The number of ether oxygens (including phenoxy) is 2. The molecule has 1 saturated carbocycles. The first-order chi connectivity index (χ1) is 12.5. The number of sulfonamides is 1. The molecule has 1 aliphatic carbocycles. The number of hydrogen-bond acceptors (Lipinski definition) is 7. The van der Waals surface area contributed by atoms with E-state index in [4.69, 9.17) is 14.0 Å². The maximum Gasteiger partial charge on any atom is 0.247 e. The third-order valence-corrected chi connectivity index (χ3v) is 6.78. The van der Waals surface area contributed by atoms with Crippen molar-refractivity contribution in [3.8, 4) is 11.5 Å². The van der Waals surface area contributed by atoms with E-state index in [-0.39, 0.29) is 10.6 Å². The summed E-state index contributed by atoms with van der Waals surface area (Å²) in [5, 5.41) is 4.02. The lowest BCUT2D eigenvalue weighted by atomic mass is 10.2. The summed E-state index contributed by atoms with van der Waals surface area (Å²) in [6, 6.07) is 4.29. The summed E-state index contributed by atoms with van der Waals surface area (Å²) in [7, 11) is -0.865. The van der Waals surface area contributed by atoms with Gasteiger partial charge in [0, 0.05) is 18.5 Å². The number of benzene rings is 1. The Labute approximate surface area is 152 Å². The predicted molar refractivity (Wildman–Crippen MR) is 91.7 cm³/mol. The Kier molecular flexibility index (Phi) is 4.36. The van der Waals surface area contributed by atoms with Crippen LogP contribution < -0.4 is 9.47 Å². The van der Waals surface area contributed by atoms with Crippen LogP contribution in [0.1, 0.15) is 49.4 Å². The van der Waals surface area contributed by atoms with Gasteiger partial charge in [0.1, 0.15) is 22.4 Å². The van der Waals surface area contributed by atoms with E-state index in [1.165, 1.54) is 24.6 Å². The van der Waals surface area contributed by atoms with Gasteiger partial charge in [-0.2, -0.15) is 9.29 Å². The van der Waals surface area contributed by atoms with Gasteiger partial charge in [0.25, 0.3) is 0 Å². The highest BCUT2D eigenvalue weighted by molar-refractivity contribution is 7.89. The van der Waals surface area contributed by atoms with Crippen LogP contribution >= 0.6 is 0 Å². The maximum absolute atomic E-state index is 13.3. The summed E-state index contributed by atoms with van der Waals surface area (Å²) >= 11 is 0. The number of rotatable bonds is 6. The van der Waals surface area contributed by atoms with Crippen LogP contribution in [0.4, 0.5) is 0 Å². The molecule has 9 heteroatoms. The average molecular weight is 379 g/mol. The first-order valence-electron chi connectivity index (χ1n) is 8.62. The molecule has 1 aromatic heterocycles. The topological polar surface area (TPSA) is 94.8 Å². The van der Waals surface area contributed by atoms with E-state index in [2.05, 4.69) is 10.1 Å². The van der Waals surface area contributed by atoms with E-state index in [1.54, 1.807) is 12.1 Å². The minimum atomic E-state index is -3.81. The second kappa shape index (κ2) is 6.55. The smallest absolute Gasteiger partial charge is 0.247 e. The molecule has 2 heterocycles. The van der Waals surface area contributed by atoms with Crippen LogP contribution in [0.3, 0.4) is 0 Å². The molecule has 140 valence electrons. The molecular formula is C17H21N3O5S. The fourth-order valence-electron chi connectivity index (χ4n) is 3.28. The van der Waals surface area contributed by atoms with E-state index in [0.29, 0.717) is 36.3 Å². The molecule has 1 unspecified atom stereocenters. The number of methoxy groups -OCH3 is 2. The molecule has 26 heavy (non-hydrogen) atoms. The standard InChI is InChI=1S/C17H21N3O5S/c1-23-12-7-8-14(24-2)15(10-12)26(21,22)20-9-3-4-13(20)17-18-16(19-25-17)11-5-6-11/h7-8,10-11,13H,3-6,9H2,1-2H3. The second-order valence-corrected chi connectivity index (χ2v) is 8.41. The molecule has 0 radical (unpaired) electrons. The zero-order valence-corrected chi connectivity index (χ0v) is 15.5. The fourth-order valence-corrected chi connectivity index (χ4v) is 5.10.